The Morgan fingerprint density at radius 2 is 1.57 bits per heavy atom. The molecule has 1 heterocycles. The first-order valence-corrected chi connectivity index (χ1v) is 3.71. The van der Waals surface area contributed by atoms with E-state index in [0.717, 1.165) is 18.4 Å². The van der Waals surface area contributed by atoms with Crippen LogP contribution in [0.5, 0.6) is 0 Å². The number of fused-ring (bicyclic) bond motifs is 1. The second kappa shape index (κ2) is 2.73. The van der Waals surface area contributed by atoms with E-state index in [9.17, 15) is 17.6 Å². The molecule has 0 fully saturated rings. The van der Waals surface area contributed by atoms with Crippen molar-refractivity contribution < 1.29 is 22.0 Å². The molecule has 1 aromatic carbocycles. The number of halogens is 4. The lowest BCUT2D eigenvalue weighted by Crippen LogP contribution is -2.07. The quantitative estimate of drug-likeness (QED) is 0.597. The molecule has 0 bridgehead atoms. The minimum Gasteiger partial charge on any atom is -0.471 e. The molecule has 74 valence electrons. The molecular weight excluding hydrogens is 200 g/mol. The summed E-state index contributed by atoms with van der Waals surface area (Å²) < 4.78 is 54.2. The second-order valence-electron chi connectivity index (χ2n) is 2.83. The third-order valence-electron chi connectivity index (χ3n) is 1.87. The van der Waals surface area contributed by atoms with Crippen LogP contribution in [0.25, 0.3) is 10.8 Å². The molecule has 0 aliphatic heterocycles. The molecule has 2 rings (SSSR count). The lowest BCUT2D eigenvalue weighted by atomic mass is 10.1. The van der Waals surface area contributed by atoms with Gasteiger partial charge in [-0.25, -0.2) is 4.39 Å². The SMILES string of the molecule is Fc1cc2cocc2cc1C(F)(F)F. The molecule has 0 spiro atoms. The highest BCUT2D eigenvalue weighted by atomic mass is 19.4. The first-order valence-electron chi connectivity index (χ1n) is 3.71. The van der Waals surface area contributed by atoms with Crippen molar-refractivity contribution in [2.75, 3.05) is 0 Å². The van der Waals surface area contributed by atoms with Gasteiger partial charge in [0.1, 0.15) is 5.82 Å². The van der Waals surface area contributed by atoms with Crippen molar-refractivity contribution in [1.29, 1.82) is 0 Å². The van der Waals surface area contributed by atoms with Gasteiger partial charge in [-0.15, -0.1) is 0 Å². The Kier molecular flexibility index (Phi) is 1.77. The molecule has 5 heteroatoms. The average Bonchev–Trinajstić information content (AvgIpc) is 2.47. The van der Waals surface area contributed by atoms with Crippen LogP contribution in [-0.4, -0.2) is 0 Å². The van der Waals surface area contributed by atoms with Crippen molar-refractivity contribution >= 4 is 10.8 Å². The van der Waals surface area contributed by atoms with Gasteiger partial charge in [-0.3, -0.25) is 0 Å². The van der Waals surface area contributed by atoms with Gasteiger partial charge in [-0.1, -0.05) is 0 Å². The Hall–Kier alpha value is -1.52. The van der Waals surface area contributed by atoms with E-state index in [1.54, 1.807) is 0 Å². The molecule has 2 aromatic rings. The third-order valence-corrected chi connectivity index (χ3v) is 1.87. The topological polar surface area (TPSA) is 13.1 Å². The monoisotopic (exact) mass is 204 g/mol. The molecular formula is C9H4F4O. The van der Waals surface area contributed by atoms with E-state index in [2.05, 4.69) is 4.42 Å². The summed E-state index contributed by atoms with van der Waals surface area (Å²) in [5.41, 5.74) is -1.27. The van der Waals surface area contributed by atoms with Crippen molar-refractivity contribution in [2.45, 2.75) is 6.18 Å². The Balaban J connectivity index is 2.71. The van der Waals surface area contributed by atoms with Crippen molar-refractivity contribution in [3.8, 4) is 0 Å². The summed E-state index contributed by atoms with van der Waals surface area (Å²) in [6.45, 7) is 0. The van der Waals surface area contributed by atoms with Crippen LogP contribution in [-0.2, 0) is 6.18 Å². The average molecular weight is 204 g/mol. The van der Waals surface area contributed by atoms with Gasteiger partial charge < -0.3 is 4.42 Å². The highest BCUT2D eigenvalue weighted by Crippen LogP contribution is 2.33. The zero-order valence-corrected chi connectivity index (χ0v) is 6.73. The van der Waals surface area contributed by atoms with Crippen molar-refractivity contribution in [3.05, 3.63) is 36.0 Å². The van der Waals surface area contributed by atoms with Crippen LogP contribution in [0.2, 0.25) is 0 Å². The summed E-state index contributed by atoms with van der Waals surface area (Å²) in [6.07, 6.45) is -2.34. The van der Waals surface area contributed by atoms with Crippen molar-refractivity contribution in [2.24, 2.45) is 0 Å². The summed E-state index contributed by atoms with van der Waals surface area (Å²) in [7, 11) is 0. The van der Waals surface area contributed by atoms with Gasteiger partial charge in [-0.2, -0.15) is 13.2 Å². The molecule has 1 nitrogen and oxygen atoms in total. The largest absolute Gasteiger partial charge is 0.471 e. The van der Waals surface area contributed by atoms with Gasteiger partial charge >= 0.3 is 6.18 Å². The Morgan fingerprint density at radius 1 is 1.00 bits per heavy atom. The van der Waals surface area contributed by atoms with Gasteiger partial charge in [-0.05, 0) is 12.1 Å². The molecule has 0 aliphatic rings. The van der Waals surface area contributed by atoms with Crippen LogP contribution < -0.4 is 0 Å². The molecule has 0 unspecified atom stereocenters. The lowest BCUT2D eigenvalue weighted by Gasteiger charge is -2.07. The Bertz CT molecular complexity index is 469. The lowest BCUT2D eigenvalue weighted by molar-refractivity contribution is -0.139. The fourth-order valence-electron chi connectivity index (χ4n) is 1.21. The highest BCUT2D eigenvalue weighted by Gasteiger charge is 2.34. The summed E-state index contributed by atoms with van der Waals surface area (Å²) in [5.74, 6) is -1.29. The highest BCUT2D eigenvalue weighted by molar-refractivity contribution is 5.81. The van der Waals surface area contributed by atoms with Crippen LogP contribution in [0.15, 0.2) is 29.1 Å². The van der Waals surface area contributed by atoms with Crippen LogP contribution in [0, 0.1) is 5.82 Å². The predicted octanol–water partition coefficient (Wildman–Crippen LogP) is 3.59. The Morgan fingerprint density at radius 3 is 2.14 bits per heavy atom. The fourth-order valence-corrected chi connectivity index (χ4v) is 1.21. The molecule has 1 aromatic heterocycles. The summed E-state index contributed by atoms with van der Waals surface area (Å²) >= 11 is 0. The number of furan rings is 1. The van der Waals surface area contributed by atoms with Crippen molar-refractivity contribution in [3.63, 3.8) is 0 Å². The molecule has 0 N–H and O–H groups in total. The first kappa shape index (κ1) is 9.05. The molecule has 0 radical (unpaired) electrons. The Labute approximate surface area is 75.9 Å². The van der Waals surface area contributed by atoms with Gasteiger partial charge in [0, 0.05) is 10.8 Å². The molecule has 0 atom stereocenters. The van der Waals surface area contributed by atoms with Crippen LogP contribution in [0.1, 0.15) is 5.56 Å². The maximum absolute atomic E-state index is 12.9. The van der Waals surface area contributed by atoms with E-state index in [0.29, 0.717) is 5.39 Å². The van der Waals surface area contributed by atoms with E-state index in [4.69, 9.17) is 0 Å². The maximum atomic E-state index is 12.9. The number of hydrogen-bond donors (Lipinski definition) is 0. The van der Waals surface area contributed by atoms with E-state index in [1.165, 1.54) is 6.26 Å². The van der Waals surface area contributed by atoms with Gasteiger partial charge in [0.2, 0.25) is 0 Å². The summed E-state index contributed by atoms with van der Waals surface area (Å²) in [4.78, 5) is 0. The van der Waals surface area contributed by atoms with Crippen LogP contribution in [0.4, 0.5) is 17.6 Å². The third kappa shape index (κ3) is 1.34. The predicted molar refractivity (Wildman–Crippen MR) is 41.2 cm³/mol. The fraction of sp³-hybridized carbons (Fsp3) is 0.111. The van der Waals surface area contributed by atoms with Crippen LogP contribution >= 0.6 is 0 Å². The maximum Gasteiger partial charge on any atom is 0.419 e. The normalized spacial score (nSPS) is 12.3. The summed E-state index contributed by atoms with van der Waals surface area (Å²) in [5, 5.41) is 0.550. The van der Waals surface area contributed by atoms with Crippen molar-refractivity contribution in [1.82, 2.24) is 0 Å². The standard InChI is InChI=1S/C9H4F4O/c10-8-2-6-4-14-3-5(6)1-7(8)9(11,12)13/h1-4H. The number of benzene rings is 1. The second-order valence-corrected chi connectivity index (χ2v) is 2.83. The minimum atomic E-state index is -4.67. The molecule has 0 aliphatic carbocycles. The minimum absolute atomic E-state index is 0.235. The van der Waals surface area contributed by atoms with E-state index >= 15 is 0 Å². The van der Waals surface area contributed by atoms with E-state index in [1.807, 2.05) is 0 Å². The smallest absolute Gasteiger partial charge is 0.419 e. The van der Waals surface area contributed by atoms with E-state index in [-0.39, 0.29) is 5.39 Å². The van der Waals surface area contributed by atoms with Gasteiger partial charge in [0.25, 0.3) is 0 Å². The van der Waals surface area contributed by atoms with Gasteiger partial charge in [0.05, 0.1) is 18.1 Å². The van der Waals surface area contributed by atoms with E-state index < -0.39 is 17.6 Å². The number of alkyl halides is 3. The number of hydrogen-bond acceptors (Lipinski definition) is 1. The van der Waals surface area contributed by atoms with Gasteiger partial charge in [0.15, 0.2) is 0 Å². The zero-order valence-electron chi connectivity index (χ0n) is 6.73. The molecule has 0 saturated carbocycles. The molecule has 0 amide bonds. The van der Waals surface area contributed by atoms with Crippen LogP contribution in [0.3, 0.4) is 0 Å². The summed E-state index contributed by atoms with van der Waals surface area (Å²) in [6, 6.07) is 1.54. The first-order chi connectivity index (χ1) is 6.48. The molecule has 14 heavy (non-hydrogen) atoms. The molecule has 0 saturated heterocycles. The zero-order chi connectivity index (χ0) is 10.3. The number of rotatable bonds is 0.